The van der Waals surface area contributed by atoms with Gasteiger partial charge >= 0.3 is 5.97 Å². The zero-order valence-electron chi connectivity index (χ0n) is 8.48. The lowest BCUT2D eigenvalue weighted by molar-refractivity contribution is -0.137. The normalized spacial score (nSPS) is 14.6. The van der Waals surface area contributed by atoms with Crippen LogP contribution in [0.5, 0.6) is 0 Å². The van der Waals surface area contributed by atoms with Crippen LogP contribution in [0.2, 0.25) is 5.02 Å². The first-order valence-corrected chi connectivity index (χ1v) is 5.11. The number of carbonyl (C=O) groups is 1. The second kappa shape index (κ2) is 5.14. The van der Waals surface area contributed by atoms with Crippen molar-refractivity contribution in [2.75, 3.05) is 0 Å². The smallest absolute Gasteiger partial charge is 0.304 e. The summed E-state index contributed by atoms with van der Waals surface area (Å²) in [5.41, 5.74) is 6.64. The van der Waals surface area contributed by atoms with E-state index < -0.39 is 5.97 Å². The van der Waals surface area contributed by atoms with E-state index in [1.54, 1.807) is 25.1 Å². The number of rotatable bonds is 4. The summed E-state index contributed by atoms with van der Waals surface area (Å²) in [5, 5.41) is 9.38. The van der Waals surface area contributed by atoms with Gasteiger partial charge in [-0.2, -0.15) is 0 Å². The summed E-state index contributed by atoms with van der Waals surface area (Å²) in [6, 6.07) is 6.96. The van der Waals surface area contributed by atoms with E-state index in [4.69, 9.17) is 22.4 Å². The van der Waals surface area contributed by atoms with Crippen molar-refractivity contribution in [3.63, 3.8) is 0 Å². The van der Waals surface area contributed by atoms with E-state index in [9.17, 15) is 4.79 Å². The molecule has 1 aromatic carbocycles. The molecule has 2 unspecified atom stereocenters. The molecule has 0 saturated carbocycles. The molecular formula is C11H14ClNO2. The molecule has 82 valence electrons. The molecule has 1 rings (SSSR count). The van der Waals surface area contributed by atoms with Gasteiger partial charge < -0.3 is 10.8 Å². The highest BCUT2D eigenvalue weighted by Gasteiger charge is 2.19. The minimum absolute atomic E-state index is 0.0258. The highest BCUT2D eigenvalue weighted by atomic mass is 35.5. The molecule has 3 nitrogen and oxygen atoms in total. The van der Waals surface area contributed by atoms with Gasteiger partial charge in [0.2, 0.25) is 0 Å². The molecule has 1 aromatic rings. The molecule has 0 bridgehead atoms. The Morgan fingerprint density at radius 3 is 2.73 bits per heavy atom. The molecule has 15 heavy (non-hydrogen) atoms. The maximum absolute atomic E-state index is 10.7. The predicted octanol–water partition coefficient (Wildman–Crippen LogP) is 2.25. The van der Waals surface area contributed by atoms with Crippen molar-refractivity contribution in [3.05, 3.63) is 34.9 Å². The van der Waals surface area contributed by atoms with Crippen LogP contribution in [0.1, 0.15) is 24.8 Å². The number of halogens is 1. The van der Waals surface area contributed by atoms with E-state index in [0.29, 0.717) is 5.02 Å². The average molecular weight is 228 g/mol. The van der Waals surface area contributed by atoms with E-state index in [1.165, 1.54) is 0 Å². The van der Waals surface area contributed by atoms with E-state index in [0.717, 1.165) is 5.56 Å². The van der Waals surface area contributed by atoms with Crippen LogP contribution in [0.4, 0.5) is 0 Å². The standard InChI is InChI=1S/C11H14ClNO2/c1-7(13)10(6-11(14)15)8-3-2-4-9(12)5-8/h2-5,7,10H,6,13H2,1H3,(H,14,15). The lowest BCUT2D eigenvalue weighted by Gasteiger charge is -2.19. The number of benzene rings is 1. The Hall–Kier alpha value is -1.06. The molecular weight excluding hydrogens is 214 g/mol. The fourth-order valence-electron chi connectivity index (χ4n) is 1.53. The van der Waals surface area contributed by atoms with Crippen LogP contribution in [0.3, 0.4) is 0 Å². The zero-order chi connectivity index (χ0) is 11.4. The number of nitrogens with two attached hydrogens (primary N) is 1. The number of aliphatic carboxylic acids is 1. The Morgan fingerprint density at radius 2 is 2.27 bits per heavy atom. The Bertz CT molecular complexity index is 352. The Balaban J connectivity index is 2.93. The fourth-order valence-corrected chi connectivity index (χ4v) is 1.73. The van der Waals surface area contributed by atoms with Crippen LogP contribution >= 0.6 is 11.6 Å². The quantitative estimate of drug-likeness (QED) is 0.829. The van der Waals surface area contributed by atoms with Crippen molar-refractivity contribution >= 4 is 17.6 Å². The predicted molar refractivity (Wildman–Crippen MR) is 60.1 cm³/mol. The topological polar surface area (TPSA) is 63.3 Å². The Kier molecular flexibility index (Phi) is 4.12. The van der Waals surface area contributed by atoms with Gasteiger partial charge in [-0.3, -0.25) is 4.79 Å². The molecule has 0 aliphatic carbocycles. The number of hydrogen-bond donors (Lipinski definition) is 2. The average Bonchev–Trinajstić information content (AvgIpc) is 2.13. The lowest BCUT2D eigenvalue weighted by atomic mass is 9.90. The van der Waals surface area contributed by atoms with E-state index >= 15 is 0 Å². The minimum atomic E-state index is -0.850. The number of carboxylic acids is 1. The Morgan fingerprint density at radius 1 is 1.60 bits per heavy atom. The van der Waals surface area contributed by atoms with Crippen LogP contribution < -0.4 is 5.73 Å². The first-order chi connectivity index (χ1) is 7.00. The molecule has 0 saturated heterocycles. The maximum atomic E-state index is 10.7. The van der Waals surface area contributed by atoms with Crippen molar-refractivity contribution in [1.82, 2.24) is 0 Å². The molecule has 0 radical (unpaired) electrons. The minimum Gasteiger partial charge on any atom is -0.481 e. The lowest BCUT2D eigenvalue weighted by Crippen LogP contribution is -2.26. The van der Waals surface area contributed by atoms with Crippen LogP contribution in [-0.4, -0.2) is 17.1 Å². The zero-order valence-corrected chi connectivity index (χ0v) is 9.24. The monoisotopic (exact) mass is 227 g/mol. The molecule has 0 aromatic heterocycles. The Labute approximate surface area is 93.9 Å². The number of hydrogen-bond acceptors (Lipinski definition) is 2. The highest BCUT2D eigenvalue weighted by Crippen LogP contribution is 2.24. The molecule has 0 spiro atoms. The van der Waals surface area contributed by atoms with Crippen LogP contribution in [0, 0.1) is 0 Å². The van der Waals surface area contributed by atoms with Gasteiger partial charge in [0.05, 0.1) is 6.42 Å². The van der Waals surface area contributed by atoms with Gasteiger partial charge in [0.15, 0.2) is 0 Å². The van der Waals surface area contributed by atoms with Gasteiger partial charge in [0.25, 0.3) is 0 Å². The van der Waals surface area contributed by atoms with Crippen molar-refractivity contribution in [1.29, 1.82) is 0 Å². The maximum Gasteiger partial charge on any atom is 0.304 e. The van der Waals surface area contributed by atoms with Crippen molar-refractivity contribution in [2.24, 2.45) is 5.73 Å². The summed E-state index contributed by atoms with van der Waals surface area (Å²) < 4.78 is 0. The van der Waals surface area contributed by atoms with Crippen molar-refractivity contribution in [3.8, 4) is 0 Å². The molecule has 0 aliphatic heterocycles. The second-order valence-electron chi connectivity index (χ2n) is 3.62. The highest BCUT2D eigenvalue weighted by molar-refractivity contribution is 6.30. The molecule has 0 fully saturated rings. The molecule has 0 aliphatic rings. The molecule has 0 amide bonds. The van der Waals surface area contributed by atoms with E-state index in [-0.39, 0.29) is 18.4 Å². The second-order valence-corrected chi connectivity index (χ2v) is 4.05. The van der Waals surface area contributed by atoms with Gasteiger partial charge in [0.1, 0.15) is 0 Å². The third-order valence-electron chi connectivity index (χ3n) is 2.31. The van der Waals surface area contributed by atoms with Gasteiger partial charge in [-0.15, -0.1) is 0 Å². The van der Waals surface area contributed by atoms with Crippen LogP contribution in [0.15, 0.2) is 24.3 Å². The van der Waals surface area contributed by atoms with E-state index in [1.807, 2.05) is 6.07 Å². The summed E-state index contributed by atoms with van der Waals surface area (Å²) in [7, 11) is 0. The van der Waals surface area contributed by atoms with Crippen molar-refractivity contribution < 1.29 is 9.90 Å². The molecule has 4 heteroatoms. The van der Waals surface area contributed by atoms with E-state index in [2.05, 4.69) is 0 Å². The first kappa shape index (κ1) is 12.0. The van der Waals surface area contributed by atoms with Crippen LogP contribution in [0.25, 0.3) is 0 Å². The summed E-state index contributed by atoms with van der Waals surface area (Å²) in [4.78, 5) is 10.7. The largest absolute Gasteiger partial charge is 0.481 e. The first-order valence-electron chi connectivity index (χ1n) is 4.73. The summed E-state index contributed by atoms with van der Waals surface area (Å²) in [5.74, 6) is -1.04. The number of carboxylic acid groups (broad SMARTS) is 1. The SMILES string of the molecule is CC(N)C(CC(=O)O)c1cccc(Cl)c1. The van der Waals surface area contributed by atoms with Gasteiger partial charge in [0, 0.05) is 17.0 Å². The third-order valence-corrected chi connectivity index (χ3v) is 2.54. The van der Waals surface area contributed by atoms with Gasteiger partial charge in [-0.05, 0) is 24.6 Å². The summed E-state index contributed by atoms with van der Waals surface area (Å²) >= 11 is 5.84. The summed E-state index contributed by atoms with van der Waals surface area (Å²) in [6.45, 7) is 1.80. The van der Waals surface area contributed by atoms with Gasteiger partial charge in [-0.1, -0.05) is 23.7 Å². The molecule has 3 N–H and O–H groups in total. The van der Waals surface area contributed by atoms with Crippen LogP contribution in [-0.2, 0) is 4.79 Å². The summed E-state index contributed by atoms with van der Waals surface area (Å²) in [6.07, 6.45) is 0.0258. The third kappa shape index (κ3) is 3.53. The van der Waals surface area contributed by atoms with Gasteiger partial charge in [-0.25, -0.2) is 0 Å². The fraction of sp³-hybridized carbons (Fsp3) is 0.364. The van der Waals surface area contributed by atoms with Crippen molar-refractivity contribution in [2.45, 2.75) is 25.3 Å². The molecule has 0 heterocycles. The molecule has 2 atom stereocenters.